The van der Waals surface area contributed by atoms with Crippen LogP contribution in [0.5, 0.6) is 0 Å². The van der Waals surface area contributed by atoms with E-state index < -0.39 is 0 Å². The molecule has 0 radical (unpaired) electrons. The molecule has 4 rings (SSSR count). The molecule has 1 atom stereocenters. The predicted molar refractivity (Wildman–Crippen MR) is 97.7 cm³/mol. The number of benzene rings is 1. The van der Waals surface area contributed by atoms with E-state index >= 15 is 0 Å². The van der Waals surface area contributed by atoms with Crippen LogP contribution in [0.3, 0.4) is 0 Å². The van der Waals surface area contributed by atoms with Crippen molar-refractivity contribution in [3.05, 3.63) is 64.0 Å². The topological polar surface area (TPSA) is 41.4 Å². The van der Waals surface area contributed by atoms with Crippen molar-refractivity contribution in [3.8, 4) is 0 Å². The van der Waals surface area contributed by atoms with Gasteiger partial charge in [0.15, 0.2) is 0 Å². The van der Waals surface area contributed by atoms with Crippen LogP contribution < -0.4 is 5.01 Å². The minimum atomic E-state index is 0.548. The molecule has 0 fully saturated rings. The molecule has 0 bridgehead atoms. The highest BCUT2D eigenvalue weighted by Gasteiger charge is 2.26. The molecule has 2 heterocycles. The minimum absolute atomic E-state index is 0.548. The molecule has 2 aromatic rings. The van der Waals surface area contributed by atoms with Crippen molar-refractivity contribution in [2.24, 2.45) is 5.10 Å². The van der Waals surface area contributed by atoms with E-state index in [1.165, 1.54) is 28.7 Å². The number of hydrogen-bond acceptors (Lipinski definition) is 4. The first-order valence-electron chi connectivity index (χ1n) is 8.26. The summed E-state index contributed by atoms with van der Waals surface area (Å²) in [4.78, 5) is 8.58. The molecule has 1 aliphatic carbocycles. The van der Waals surface area contributed by atoms with E-state index in [4.69, 9.17) is 11.6 Å². The SMILES string of the molecule is Cc1cc(Cl)ccc1C1CCC2=C(C=NN(c3ncccn3)C2)C1. The molecule has 0 N–H and O–H groups in total. The van der Waals surface area contributed by atoms with Crippen molar-refractivity contribution in [1.29, 1.82) is 0 Å². The molecule has 0 spiro atoms. The molecule has 0 saturated heterocycles. The van der Waals surface area contributed by atoms with Gasteiger partial charge < -0.3 is 0 Å². The summed E-state index contributed by atoms with van der Waals surface area (Å²) in [6, 6.07) is 8.06. The first kappa shape index (κ1) is 15.3. The molecule has 1 aromatic heterocycles. The lowest BCUT2D eigenvalue weighted by atomic mass is 9.79. The lowest BCUT2D eigenvalue weighted by molar-refractivity contribution is 0.572. The van der Waals surface area contributed by atoms with E-state index in [-0.39, 0.29) is 0 Å². The number of hydrogen-bond donors (Lipinski definition) is 0. The molecule has 5 heteroatoms. The normalized spacial score (nSPS) is 20.2. The van der Waals surface area contributed by atoms with Gasteiger partial charge in [0.1, 0.15) is 0 Å². The summed E-state index contributed by atoms with van der Waals surface area (Å²) >= 11 is 6.09. The fourth-order valence-electron chi connectivity index (χ4n) is 3.62. The maximum Gasteiger partial charge on any atom is 0.246 e. The van der Waals surface area contributed by atoms with Crippen molar-refractivity contribution in [1.82, 2.24) is 9.97 Å². The van der Waals surface area contributed by atoms with Gasteiger partial charge in [0.25, 0.3) is 0 Å². The Labute approximate surface area is 146 Å². The van der Waals surface area contributed by atoms with Gasteiger partial charge >= 0.3 is 0 Å². The summed E-state index contributed by atoms with van der Waals surface area (Å²) in [6.45, 7) is 2.94. The van der Waals surface area contributed by atoms with Crippen molar-refractivity contribution in [2.75, 3.05) is 11.6 Å². The number of hydrazone groups is 1. The largest absolute Gasteiger partial charge is 0.246 e. The zero-order valence-corrected chi connectivity index (χ0v) is 14.4. The first-order chi connectivity index (χ1) is 11.7. The summed E-state index contributed by atoms with van der Waals surface area (Å²) in [7, 11) is 0. The smallest absolute Gasteiger partial charge is 0.228 e. The summed E-state index contributed by atoms with van der Waals surface area (Å²) in [5, 5.41) is 7.24. The second kappa shape index (κ2) is 6.36. The highest BCUT2D eigenvalue weighted by molar-refractivity contribution is 6.30. The molecule has 0 amide bonds. The van der Waals surface area contributed by atoms with Gasteiger partial charge in [0.05, 0.1) is 12.8 Å². The Bertz CT molecular complexity index is 813. The van der Waals surface area contributed by atoms with Crippen LogP contribution in [0.2, 0.25) is 5.02 Å². The summed E-state index contributed by atoms with van der Waals surface area (Å²) in [6.07, 6.45) is 8.80. The van der Waals surface area contributed by atoms with Gasteiger partial charge in [-0.25, -0.2) is 15.0 Å². The fraction of sp³-hybridized carbons (Fsp3) is 0.316. The van der Waals surface area contributed by atoms with Crippen LogP contribution in [-0.4, -0.2) is 22.7 Å². The fourth-order valence-corrected chi connectivity index (χ4v) is 3.84. The Balaban J connectivity index is 1.53. The molecule has 24 heavy (non-hydrogen) atoms. The van der Waals surface area contributed by atoms with E-state index in [2.05, 4.69) is 34.1 Å². The summed E-state index contributed by atoms with van der Waals surface area (Å²) < 4.78 is 0. The number of halogens is 1. The zero-order chi connectivity index (χ0) is 16.5. The maximum absolute atomic E-state index is 6.09. The number of allylic oxidation sites excluding steroid dienone is 1. The third-order valence-corrected chi connectivity index (χ3v) is 5.10. The highest BCUT2D eigenvalue weighted by atomic mass is 35.5. The predicted octanol–water partition coefficient (Wildman–Crippen LogP) is 4.51. The molecule has 0 saturated carbocycles. The standard InChI is InChI=1S/C19H19ClN4/c1-13-9-17(20)5-6-18(13)14-3-4-15-12-24(23-11-16(15)10-14)19-21-7-2-8-22-19/h2,5-9,11,14H,3-4,10,12H2,1H3. The quantitative estimate of drug-likeness (QED) is 0.809. The second-order valence-corrected chi connectivity index (χ2v) is 6.86. The molecule has 122 valence electrons. The van der Waals surface area contributed by atoms with Gasteiger partial charge in [-0.15, -0.1) is 0 Å². The van der Waals surface area contributed by atoms with Crippen molar-refractivity contribution < 1.29 is 0 Å². The van der Waals surface area contributed by atoms with Crippen LogP contribution in [0.1, 0.15) is 36.3 Å². The Morgan fingerprint density at radius 2 is 2.04 bits per heavy atom. The van der Waals surface area contributed by atoms with Crippen LogP contribution in [-0.2, 0) is 0 Å². The highest BCUT2D eigenvalue weighted by Crippen LogP contribution is 2.39. The average molecular weight is 339 g/mol. The maximum atomic E-state index is 6.09. The monoisotopic (exact) mass is 338 g/mol. The summed E-state index contributed by atoms with van der Waals surface area (Å²) in [5.74, 6) is 1.21. The third-order valence-electron chi connectivity index (χ3n) is 4.86. The first-order valence-corrected chi connectivity index (χ1v) is 8.64. The van der Waals surface area contributed by atoms with Crippen molar-refractivity contribution >= 4 is 23.8 Å². The molecule has 1 aromatic carbocycles. The van der Waals surface area contributed by atoms with Crippen molar-refractivity contribution in [3.63, 3.8) is 0 Å². The second-order valence-electron chi connectivity index (χ2n) is 6.42. The van der Waals surface area contributed by atoms with Crippen LogP contribution >= 0.6 is 11.6 Å². The minimum Gasteiger partial charge on any atom is -0.228 e. The Morgan fingerprint density at radius 3 is 2.83 bits per heavy atom. The lowest BCUT2D eigenvalue weighted by Crippen LogP contribution is -2.28. The molecule has 2 aliphatic rings. The van der Waals surface area contributed by atoms with Gasteiger partial charge in [0.2, 0.25) is 5.95 Å². The zero-order valence-electron chi connectivity index (χ0n) is 13.6. The number of rotatable bonds is 2. The van der Waals surface area contributed by atoms with E-state index in [1.807, 2.05) is 23.4 Å². The number of aromatic nitrogens is 2. The van der Waals surface area contributed by atoms with E-state index in [9.17, 15) is 0 Å². The average Bonchev–Trinajstić information content (AvgIpc) is 2.62. The van der Waals surface area contributed by atoms with Crippen molar-refractivity contribution in [2.45, 2.75) is 32.1 Å². The summed E-state index contributed by atoms with van der Waals surface area (Å²) in [5.41, 5.74) is 5.52. The van der Waals surface area contributed by atoms with Crippen LogP contribution in [0, 0.1) is 6.92 Å². The number of aryl methyl sites for hydroxylation is 1. The van der Waals surface area contributed by atoms with Gasteiger partial charge in [-0.1, -0.05) is 17.7 Å². The number of anilines is 1. The van der Waals surface area contributed by atoms with Gasteiger partial charge in [-0.2, -0.15) is 5.10 Å². The van der Waals surface area contributed by atoms with Gasteiger partial charge in [-0.05, 0) is 72.6 Å². The molecular formula is C19H19ClN4. The number of nitrogens with zero attached hydrogens (tertiary/aromatic N) is 4. The van der Waals surface area contributed by atoms with Gasteiger partial charge in [-0.3, -0.25) is 0 Å². The Kier molecular flexibility index (Phi) is 4.07. The Hall–Kier alpha value is -2.20. The van der Waals surface area contributed by atoms with E-state index in [0.29, 0.717) is 11.9 Å². The molecule has 4 nitrogen and oxygen atoms in total. The molecule has 1 unspecified atom stereocenters. The van der Waals surface area contributed by atoms with Gasteiger partial charge in [0, 0.05) is 17.4 Å². The molecule has 1 aliphatic heterocycles. The molecular weight excluding hydrogens is 320 g/mol. The van der Waals surface area contributed by atoms with Crippen LogP contribution in [0.15, 0.2) is 52.9 Å². The van der Waals surface area contributed by atoms with E-state index in [1.54, 1.807) is 12.4 Å². The third kappa shape index (κ3) is 2.94. The van der Waals surface area contributed by atoms with Crippen LogP contribution in [0.4, 0.5) is 5.95 Å². The lowest BCUT2D eigenvalue weighted by Gasteiger charge is -2.31. The van der Waals surface area contributed by atoms with E-state index in [0.717, 1.165) is 24.4 Å². The Morgan fingerprint density at radius 1 is 1.21 bits per heavy atom. The van der Waals surface area contributed by atoms with Crippen LogP contribution in [0.25, 0.3) is 0 Å².